The Balaban J connectivity index is 1.89. The van der Waals surface area contributed by atoms with Gasteiger partial charge in [0.05, 0.1) is 5.69 Å². The highest BCUT2D eigenvalue weighted by Gasteiger charge is 2.18. The molecule has 88 valence electrons. The molecule has 16 heavy (non-hydrogen) atoms. The topological polar surface area (TPSA) is 25.2 Å². The van der Waals surface area contributed by atoms with Crippen LogP contribution in [0.3, 0.4) is 0 Å². The Bertz CT molecular complexity index is 337. The molecule has 1 aromatic heterocycles. The third-order valence-electron chi connectivity index (χ3n) is 3.59. The molecule has 1 aliphatic rings. The van der Waals surface area contributed by atoms with Crippen LogP contribution in [0.4, 0.5) is 0 Å². The van der Waals surface area contributed by atoms with Crippen molar-refractivity contribution in [2.24, 2.45) is 5.92 Å². The highest BCUT2D eigenvalue weighted by atomic mass is 16.1. The SMILES string of the molecule is CCN1CCC(Cn2cccc2C=O)CC1. The zero-order chi connectivity index (χ0) is 11.4. The van der Waals surface area contributed by atoms with Gasteiger partial charge in [-0.1, -0.05) is 6.92 Å². The van der Waals surface area contributed by atoms with E-state index in [2.05, 4.69) is 16.4 Å². The molecule has 3 nitrogen and oxygen atoms in total. The molecule has 2 rings (SSSR count). The number of carbonyl (C=O) groups excluding carboxylic acids is 1. The van der Waals surface area contributed by atoms with E-state index in [0.717, 1.165) is 31.0 Å². The number of rotatable bonds is 4. The van der Waals surface area contributed by atoms with Gasteiger partial charge in [-0.2, -0.15) is 0 Å². The van der Waals surface area contributed by atoms with Crippen LogP contribution in [-0.2, 0) is 6.54 Å². The van der Waals surface area contributed by atoms with Crippen LogP contribution in [0.5, 0.6) is 0 Å². The fourth-order valence-electron chi connectivity index (χ4n) is 2.46. The zero-order valence-corrected chi connectivity index (χ0v) is 9.93. The normalized spacial score (nSPS) is 18.8. The second kappa shape index (κ2) is 5.30. The van der Waals surface area contributed by atoms with E-state index in [4.69, 9.17) is 0 Å². The second-order valence-corrected chi connectivity index (χ2v) is 4.58. The van der Waals surface area contributed by atoms with Gasteiger partial charge in [-0.3, -0.25) is 4.79 Å². The number of carbonyl (C=O) groups is 1. The lowest BCUT2D eigenvalue weighted by molar-refractivity contribution is 0.111. The highest BCUT2D eigenvalue weighted by Crippen LogP contribution is 2.19. The van der Waals surface area contributed by atoms with Crippen molar-refractivity contribution >= 4 is 6.29 Å². The summed E-state index contributed by atoms with van der Waals surface area (Å²) in [5.41, 5.74) is 0.804. The number of hydrogen-bond donors (Lipinski definition) is 0. The smallest absolute Gasteiger partial charge is 0.166 e. The third kappa shape index (κ3) is 2.53. The molecule has 1 saturated heterocycles. The molecule has 0 N–H and O–H groups in total. The number of nitrogens with zero attached hydrogens (tertiary/aromatic N) is 2. The first-order chi connectivity index (χ1) is 7.83. The van der Waals surface area contributed by atoms with E-state index in [-0.39, 0.29) is 0 Å². The van der Waals surface area contributed by atoms with Crippen molar-refractivity contribution in [1.29, 1.82) is 0 Å². The van der Waals surface area contributed by atoms with E-state index in [1.165, 1.54) is 25.9 Å². The van der Waals surface area contributed by atoms with Gasteiger partial charge in [0.2, 0.25) is 0 Å². The summed E-state index contributed by atoms with van der Waals surface area (Å²) in [5.74, 6) is 0.730. The number of piperidine rings is 1. The van der Waals surface area contributed by atoms with Crippen LogP contribution >= 0.6 is 0 Å². The number of aldehydes is 1. The summed E-state index contributed by atoms with van der Waals surface area (Å²) in [4.78, 5) is 13.3. The van der Waals surface area contributed by atoms with Gasteiger partial charge in [-0.25, -0.2) is 0 Å². The van der Waals surface area contributed by atoms with Gasteiger partial charge in [-0.05, 0) is 50.5 Å². The first kappa shape index (κ1) is 11.4. The lowest BCUT2D eigenvalue weighted by atomic mass is 9.97. The largest absolute Gasteiger partial charge is 0.345 e. The minimum Gasteiger partial charge on any atom is -0.345 e. The summed E-state index contributed by atoms with van der Waals surface area (Å²) in [6.07, 6.45) is 5.46. The molecule has 1 fully saturated rings. The van der Waals surface area contributed by atoms with Gasteiger partial charge in [0, 0.05) is 12.7 Å². The zero-order valence-electron chi connectivity index (χ0n) is 9.93. The van der Waals surface area contributed by atoms with E-state index in [1.54, 1.807) is 0 Å². The van der Waals surface area contributed by atoms with Gasteiger partial charge >= 0.3 is 0 Å². The summed E-state index contributed by atoms with van der Waals surface area (Å²) in [6, 6.07) is 3.83. The molecule has 0 aromatic carbocycles. The summed E-state index contributed by atoms with van der Waals surface area (Å²) in [6.45, 7) is 6.79. The first-order valence-electron chi connectivity index (χ1n) is 6.16. The Hall–Kier alpha value is -1.09. The summed E-state index contributed by atoms with van der Waals surface area (Å²) in [5, 5.41) is 0. The first-order valence-corrected chi connectivity index (χ1v) is 6.16. The monoisotopic (exact) mass is 220 g/mol. The van der Waals surface area contributed by atoms with Crippen LogP contribution in [0.15, 0.2) is 18.3 Å². The van der Waals surface area contributed by atoms with Gasteiger partial charge in [0.15, 0.2) is 6.29 Å². The van der Waals surface area contributed by atoms with E-state index in [9.17, 15) is 4.79 Å². The standard InChI is InChI=1S/C13H20N2O/c1-2-14-8-5-12(6-9-14)10-15-7-3-4-13(15)11-16/h3-4,7,11-12H,2,5-6,8-10H2,1H3. The van der Waals surface area contributed by atoms with Crippen LogP contribution < -0.4 is 0 Å². The average molecular weight is 220 g/mol. The molecule has 3 heteroatoms. The third-order valence-corrected chi connectivity index (χ3v) is 3.59. The van der Waals surface area contributed by atoms with Crippen LogP contribution in [0.2, 0.25) is 0 Å². The molecule has 1 aliphatic heterocycles. The van der Waals surface area contributed by atoms with Crippen molar-refractivity contribution in [2.75, 3.05) is 19.6 Å². The Kier molecular flexibility index (Phi) is 3.78. The fraction of sp³-hybridized carbons (Fsp3) is 0.615. The molecule has 1 aromatic rings. The molecule has 2 heterocycles. The molecule has 0 amide bonds. The van der Waals surface area contributed by atoms with E-state index >= 15 is 0 Å². The van der Waals surface area contributed by atoms with Crippen molar-refractivity contribution in [2.45, 2.75) is 26.3 Å². The lowest BCUT2D eigenvalue weighted by Gasteiger charge is -2.31. The molecule has 0 unspecified atom stereocenters. The van der Waals surface area contributed by atoms with Crippen LogP contribution in [-0.4, -0.2) is 35.4 Å². The minimum atomic E-state index is 0.730. The molecule has 0 saturated carbocycles. The van der Waals surface area contributed by atoms with E-state index < -0.39 is 0 Å². The predicted octanol–water partition coefficient (Wildman–Crippen LogP) is 2.03. The average Bonchev–Trinajstić information content (AvgIpc) is 2.77. The molecular formula is C13H20N2O. The van der Waals surface area contributed by atoms with Crippen molar-refractivity contribution in [3.05, 3.63) is 24.0 Å². The molecule has 0 spiro atoms. The fourth-order valence-corrected chi connectivity index (χ4v) is 2.46. The van der Waals surface area contributed by atoms with Crippen LogP contribution in [0.25, 0.3) is 0 Å². The maximum atomic E-state index is 10.8. The minimum absolute atomic E-state index is 0.730. The summed E-state index contributed by atoms with van der Waals surface area (Å²) >= 11 is 0. The molecule has 0 radical (unpaired) electrons. The van der Waals surface area contributed by atoms with Crippen molar-refractivity contribution in [3.8, 4) is 0 Å². The van der Waals surface area contributed by atoms with E-state index in [1.807, 2.05) is 18.3 Å². The quantitative estimate of drug-likeness (QED) is 0.725. The molecule has 0 bridgehead atoms. The molecular weight excluding hydrogens is 200 g/mol. The van der Waals surface area contributed by atoms with Gasteiger partial charge < -0.3 is 9.47 Å². The predicted molar refractivity (Wildman–Crippen MR) is 64.7 cm³/mol. The van der Waals surface area contributed by atoms with Crippen molar-refractivity contribution in [3.63, 3.8) is 0 Å². The highest BCUT2D eigenvalue weighted by molar-refractivity contribution is 5.72. The molecule has 0 atom stereocenters. The Morgan fingerprint density at radius 2 is 2.19 bits per heavy atom. The number of hydrogen-bond acceptors (Lipinski definition) is 2. The van der Waals surface area contributed by atoms with E-state index in [0.29, 0.717) is 0 Å². The Morgan fingerprint density at radius 3 is 2.81 bits per heavy atom. The Morgan fingerprint density at radius 1 is 1.44 bits per heavy atom. The maximum absolute atomic E-state index is 10.8. The molecule has 0 aliphatic carbocycles. The summed E-state index contributed by atoms with van der Waals surface area (Å²) < 4.78 is 2.08. The van der Waals surface area contributed by atoms with Gasteiger partial charge in [0.1, 0.15) is 0 Å². The lowest BCUT2D eigenvalue weighted by Crippen LogP contribution is -2.34. The van der Waals surface area contributed by atoms with Gasteiger partial charge in [-0.15, -0.1) is 0 Å². The number of likely N-dealkylation sites (tertiary alicyclic amines) is 1. The second-order valence-electron chi connectivity index (χ2n) is 4.58. The van der Waals surface area contributed by atoms with Crippen LogP contribution in [0, 0.1) is 5.92 Å². The van der Waals surface area contributed by atoms with Crippen LogP contribution in [0.1, 0.15) is 30.3 Å². The van der Waals surface area contributed by atoms with Crippen molar-refractivity contribution < 1.29 is 4.79 Å². The summed E-state index contributed by atoms with van der Waals surface area (Å²) in [7, 11) is 0. The van der Waals surface area contributed by atoms with Gasteiger partial charge in [0.25, 0.3) is 0 Å². The van der Waals surface area contributed by atoms with Crippen molar-refractivity contribution in [1.82, 2.24) is 9.47 Å². The number of aromatic nitrogens is 1. The maximum Gasteiger partial charge on any atom is 0.166 e. The Labute approximate surface area is 97.1 Å².